The molecule has 0 spiro atoms. The van der Waals surface area contributed by atoms with Crippen LogP contribution >= 0.6 is 0 Å². The van der Waals surface area contributed by atoms with Gasteiger partial charge in [-0.1, -0.05) is 37.1 Å². The molecule has 9 heteroatoms. The number of carbonyl (C=O) groups is 3. The molecule has 0 bridgehead atoms. The summed E-state index contributed by atoms with van der Waals surface area (Å²) in [4.78, 5) is 39.1. The van der Waals surface area contributed by atoms with Gasteiger partial charge in [-0.25, -0.2) is 0 Å². The molecular weight excluding hydrogens is 420 g/mol. The number of rotatable bonds is 5. The molecule has 2 aliphatic rings. The number of aromatic amines is 1. The van der Waals surface area contributed by atoms with Crippen LogP contribution in [0.1, 0.15) is 52.2 Å². The maximum Gasteiger partial charge on any atom is 0.271 e. The fraction of sp³-hybridized carbons (Fsp3) is 0.375. The Bertz CT molecular complexity index is 1200. The summed E-state index contributed by atoms with van der Waals surface area (Å²) in [6, 6.07) is 9.27. The van der Waals surface area contributed by atoms with Crippen LogP contribution in [0.25, 0.3) is 11.3 Å². The maximum atomic E-state index is 13.4. The van der Waals surface area contributed by atoms with Gasteiger partial charge in [0.2, 0.25) is 5.91 Å². The number of H-pyrrole nitrogens is 1. The molecule has 1 aliphatic carbocycles. The van der Waals surface area contributed by atoms with Gasteiger partial charge in [-0.3, -0.25) is 24.2 Å². The SMILES string of the molecule is Cc1nn2c(c1NC(=O)C1CCCCC1C(=O)c1ccc(-c3ccn[nH]3)cc1)C(=O)NCC2. The van der Waals surface area contributed by atoms with Gasteiger partial charge in [0.05, 0.1) is 23.6 Å². The van der Waals surface area contributed by atoms with E-state index in [-0.39, 0.29) is 17.6 Å². The molecule has 1 aliphatic heterocycles. The normalized spacial score (nSPS) is 20.1. The number of aromatic nitrogens is 4. The molecule has 33 heavy (non-hydrogen) atoms. The minimum Gasteiger partial charge on any atom is -0.349 e. The Morgan fingerprint density at radius 3 is 2.58 bits per heavy atom. The van der Waals surface area contributed by atoms with E-state index >= 15 is 0 Å². The van der Waals surface area contributed by atoms with Crippen molar-refractivity contribution in [3.63, 3.8) is 0 Å². The highest BCUT2D eigenvalue weighted by atomic mass is 16.2. The zero-order valence-corrected chi connectivity index (χ0v) is 18.4. The maximum absolute atomic E-state index is 13.4. The van der Waals surface area contributed by atoms with E-state index in [4.69, 9.17) is 0 Å². The third kappa shape index (κ3) is 3.94. The van der Waals surface area contributed by atoms with Crippen LogP contribution in [0.3, 0.4) is 0 Å². The molecule has 3 N–H and O–H groups in total. The summed E-state index contributed by atoms with van der Waals surface area (Å²) in [5.41, 5.74) is 3.84. The summed E-state index contributed by atoms with van der Waals surface area (Å²) in [7, 11) is 0. The number of fused-ring (bicyclic) bond motifs is 1. The average molecular weight is 447 g/mol. The summed E-state index contributed by atoms with van der Waals surface area (Å²) < 4.78 is 1.63. The highest BCUT2D eigenvalue weighted by molar-refractivity contribution is 6.06. The van der Waals surface area contributed by atoms with Crippen LogP contribution in [-0.2, 0) is 11.3 Å². The van der Waals surface area contributed by atoms with Crippen LogP contribution in [0.15, 0.2) is 36.5 Å². The first kappa shape index (κ1) is 21.1. The Kier molecular flexibility index (Phi) is 5.53. The van der Waals surface area contributed by atoms with Gasteiger partial charge in [0.25, 0.3) is 5.91 Å². The van der Waals surface area contributed by atoms with E-state index in [0.29, 0.717) is 48.6 Å². The van der Waals surface area contributed by atoms with Gasteiger partial charge in [-0.2, -0.15) is 10.2 Å². The van der Waals surface area contributed by atoms with Crippen molar-refractivity contribution in [2.45, 2.75) is 39.2 Å². The van der Waals surface area contributed by atoms with Crippen LogP contribution in [0.4, 0.5) is 5.69 Å². The van der Waals surface area contributed by atoms with Crippen molar-refractivity contribution in [2.24, 2.45) is 11.8 Å². The van der Waals surface area contributed by atoms with Gasteiger partial charge in [0.15, 0.2) is 5.78 Å². The zero-order valence-electron chi connectivity index (χ0n) is 18.4. The number of hydrogen-bond acceptors (Lipinski definition) is 5. The van der Waals surface area contributed by atoms with E-state index in [0.717, 1.165) is 24.1 Å². The number of carbonyl (C=O) groups excluding carboxylic acids is 3. The quantitative estimate of drug-likeness (QED) is 0.520. The molecule has 1 fully saturated rings. The molecule has 170 valence electrons. The van der Waals surface area contributed by atoms with E-state index in [9.17, 15) is 14.4 Å². The average Bonchev–Trinajstić information content (AvgIpc) is 3.48. The van der Waals surface area contributed by atoms with Crippen molar-refractivity contribution >= 4 is 23.3 Å². The van der Waals surface area contributed by atoms with Gasteiger partial charge in [-0.05, 0) is 31.4 Å². The lowest BCUT2D eigenvalue weighted by molar-refractivity contribution is -0.122. The number of Topliss-reactive ketones (excluding diaryl/α,β-unsaturated/α-hetero) is 1. The van der Waals surface area contributed by atoms with Crippen LogP contribution in [0.2, 0.25) is 0 Å². The second kappa shape index (κ2) is 8.65. The summed E-state index contributed by atoms with van der Waals surface area (Å²) in [5.74, 6) is -1.32. The molecule has 1 saturated carbocycles. The van der Waals surface area contributed by atoms with Crippen LogP contribution in [0, 0.1) is 18.8 Å². The summed E-state index contributed by atoms with van der Waals surface area (Å²) in [6.45, 7) is 2.86. The molecular formula is C24H26N6O3. The number of ketones is 1. The van der Waals surface area contributed by atoms with Gasteiger partial charge in [-0.15, -0.1) is 0 Å². The van der Waals surface area contributed by atoms with Gasteiger partial charge < -0.3 is 10.6 Å². The molecule has 2 aromatic heterocycles. The lowest BCUT2D eigenvalue weighted by Crippen LogP contribution is -2.38. The molecule has 2 atom stereocenters. The number of aryl methyl sites for hydroxylation is 1. The molecule has 1 aromatic carbocycles. The third-order valence-electron chi connectivity index (χ3n) is 6.62. The van der Waals surface area contributed by atoms with Crippen molar-refractivity contribution < 1.29 is 14.4 Å². The second-order valence-electron chi connectivity index (χ2n) is 8.69. The van der Waals surface area contributed by atoms with E-state index < -0.39 is 11.8 Å². The standard InChI is InChI=1S/C24H26N6O3/c1-14-20(21-24(33)25-12-13-30(21)29-14)27-23(32)18-5-3-2-4-17(18)22(31)16-8-6-15(7-9-16)19-10-11-26-28-19/h6-11,17-18H,2-5,12-13H2,1H3,(H,25,33)(H,26,28)(H,27,32). The highest BCUT2D eigenvalue weighted by Gasteiger charge is 2.37. The smallest absolute Gasteiger partial charge is 0.271 e. The van der Waals surface area contributed by atoms with Crippen molar-refractivity contribution in [3.8, 4) is 11.3 Å². The number of benzene rings is 1. The molecule has 3 aromatic rings. The lowest BCUT2D eigenvalue weighted by Gasteiger charge is -2.29. The summed E-state index contributed by atoms with van der Waals surface area (Å²) in [5, 5.41) is 17.0. The predicted molar refractivity (Wildman–Crippen MR) is 122 cm³/mol. The zero-order chi connectivity index (χ0) is 22.9. The van der Waals surface area contributed by atoms with Crippen LogP contribution in [0.5, 0.6) is 0 Å². The highest BCUT2D eigenvalue weighted by Crippen LogP contribution is 2.35. The minimum absolute atomic E-state index is 0.0162. The molecule has 0 radical (unpaired) electrons. The first-order valence-electron chi connectivity index (χ1n) is 11.3. The Labute approximate surface area is 191 Å². The number of nitrogens with one attached hydrogen (secondary N) is 3. The van der Waals surface area contributed by atoms with Gasteiger partial charge >= 0.3 is 0 Å². The predicted octanol–water partition coefficient (Wildman–Crippen LogP) is 2.95. The number of hydrogen-bond donors (Lipinski definition) is 3. The fourth-order valence-electron chi connectivity index (χ4n) is 4.90. The molecule has 2 amide bonds. The third-order valence-corrected chi connectivity index (χ3v) is 6.62. The monoisotopic (exact) mass is 446 g/mol. The topological polar surface area (TPSA) is 122 Å². The van der Waals surface area contributed by atoms with Crippen molar-refractivity contribution in [2.75, 3.05) is 11.9 Å². The Balaban J connectivity index is 1.36. The molecule has 5 rings (SSSR count). The fourth-order valence-corrected chi connectivity index (χ4v) is 4.90. The molecule has 0 saturated heterocycles. The van der Waals surface area contributed by atoms with Crippen LogP contribution in [-0.4, -0.2) is 44.1 Å². The Morgan fingerprint density at radius 2 is 1.85 bits per heavy atom. The molecule has 2 unspecified atom stereocenters. The van der Waals surface area contributed by atoms with E-state index in [1.54, 1.807) is 17.8 Å². The largest absolute Gasteiger partial charge is 0.349 e. The number of amides is 2. The van der Waals surface area contributed by atoms with Gasteiger partial charge in [0.1, 0.15) is 5.69 Å². The van der Waals surface area contributed by atoms with Crippen molar-refractivity contribution in [1.29, 1.82) is 0 Å². The minimum atomic E-state index is -0.444. The Hall–Kier alpha value is -3.75. The Morgan fingerprint density at radius 1 is 1.09 bits per heavy atom. The summed E-state index contributed by atoms with van der Waals surface area (Å²) >= 11 is 0. The molecule has 9 nitrogen and oxygen atoms in total. The van der Waals surface area contributed by atoms with Crippen LogP contribution < -0.4 is 10.6 Å². The second-order valence-corrected chi connectivity index (χ2v) is 8.69. The van der Waals surface area contributed by atoms with Gasteiger partial charge in [0, 0.05) is 30.1 Å². The van der Waals surface area contributed by atoms with E-state index in [1.807, 2.05) is 30.3 Å². The summed E-state index contributed by atoms with van der Waals surface area (Å²) in [6.07, 6.45) is 4.81. The number of nitrogens with zero attached hydrogens (tertiary/aromatic N) is 3. The van der Waals surface area contributed by atoms with Crippen molar-refractivity contribution in [1.82, 2.24) is 25.3 Å². The molecule has 3 heterocycles. The van der Waals surface area contributed by atoms with E-state index in [2.05, 4.69) is 25.9 Å². The first-order chi connectivity index (χ1) is 16.0. The van der Waals surface area contributed by atoms with E-state index in [1.165, 1.54) is 0 Å². The lowest BCUT2D eigenvalue weighted by atomic mass is 9.75. The first-order valence-corrected chi connectivity index (χ1v) is 11.3. The van der Waals surface area contributed by atoms with Crippen molar-refractivity contribution in [3.05, 3.63) is 53.5 Å². The number of anilines is 1.